The fraction of sp³-hybridized carbons (Fsp3) is 0.556. The third-order valence-electron chi connectivity index (χ3n) is 5.86. The summed E-state index contributed by atoms with van der Waals surface area (Å²) in [6.07, 6.45) is 6.17. The fourth-order valence-corrected chi connectivity index (χ4v) is 4.91. The molecule has 3 aliphatic heterocycles. The van der Waals surface area contributed by atoms with E-state index in [4.69, 9.17) is 16.6 Å². The molecule has 5 heterocycles. The van der Waals surface area contributed by atoms with Gasteiger partial charge in [-0.25, -0.2) is 14.6 Å². The molecule has 6 rings (SSSR count). The SMILES string of the molecule is Cc1nc2c(c(N3C4CC3CN(c3cnn(C)c(=O)c3Cl)C4)n1)CCC2. The Bertz CT molecular complexity index is 945. The predicted molar refractivity (Wildman–Crippen MR) is 100 cm³/mol. The van der Waals surface area contributed by atoms with Crippen molar-refractivity contribution in [1.29, 1.82) is 0 Å². The number of piperidine rings is 1. The number of piperazine rings is 1. The van der Waals surface area contributed by atoms with Gasteiger partial charge in [-0.05, 0) is 32.6 Å². The van der Waals surface area contributed by atoms with Gasteiger partial charge in [0, 0.05) is 31.4 Å². The summed E-state index contributed by atoms with van der Waals surface area (Å²) in [6.45, 7) is 3.65. The van der Waals surface area contributed by atoms with E-state index in [1.54, 1.807) is 13.2 Å². The number of aryl methyl sites for hydroxylation is 3. The molecule has 26 heavy (non-hydrogen) atoms. The van der Waals surface area contributed by atoms with Crippen LogP contribution in [0.15, 0.2) is 11.0 Å². The molecule has 2 bridgehead atoms. The summed E-state index contributed by atoms with van der Waals surface area (Å²) in [5.74, 6) is 2.00. The minimum atomic E-state index is -0.246. The lowest BCUT2D eigenvalue weighted by molar-refractivity contribution is 0.288. The highest BCUT2D eigenvalue weighted by molar-refractivity contribution is 6.33. The summed E-state index contributed by atoms with van der Waals surface area (Å²) in [4.78, 5) is 26.2. The van der Waals surface area contributed by atoms with E-state index in [0.29, 0.717) is 12.1 Å². The first kappa shape index (κ1) is 16.1. The molecule has 3 fully saturated rings. The van der Waals surface area contributed by atoms with E-state index in [9.17, 15) is 4.79 Å². The standard InChI is InChI=1S/C18H21ClN6O/c1-10-21-14-5-3-4-13(14)17(22-10)25-11-6-12(25)9-24(8-11)15-7-20-23(2)18(26)16(15)19/h7,11-12H,3-6,8-9H2,1-2H3. The summed E-state index contributed by atoms with van der Waals surface area (Å²) in [7, 11) is 1.62. The molecule has 1 aliphatic carbocycles. The van der Waals surface area contributed by atoms with E-state index in [0.717, 1.165) is 49.7 Å². The van der Waals surface area contributed by atoms with Crippen LogP contribution in [0, 0.1) is 6.92 Å². The average molecular weight is 373 g/mol. The second kappa shape index (κ2) is 5.67. The molecule has 2 unspecified atom stereocenters. The monoisotopic (exact) mass is 372 g/mol. The first-order chi connectivity index (χ1) is 12.5. The van der Waals surface area contributed by atoms with Crippen LogP contribution in [0.4, 0.5) is 11.5 Å². The zero-order chi connectivity index (χ0) is 18.0. The smallest absolute Gasteiger partial charge is 0.287 e. The Balaban J connectivity index is 1.44. The van der Waals surface area contributed by atoms with E-state index in [1.807, 2.05) is 6.92 Å². The Labute approximate surface area is 156 Å². The van der Waals surface area contributed by atoms with Gasteiger partial charge in [-0.1, -0.05) is 11.6 Å². The van der Waals surface area contributed by atoms with Gasteiger partial charge in [0.1, 0.15) is 16.7 Å². The number of fused-ring (bicyclic) bond motifs is 3. The molecule has 2 aromatic rings. The second-order valence-corrected chi connectivity index (χ2v) is 7.88. The Morgan fingerprint density at radius 3 is 2.73 bits per heavy atom. The maximum atomic E-state index is 12.1. The summed E-state index contributed by atoms with van der Waals surface area (Å²) in [6, 6.07) is 0.792. The van der Waals surface area contributed by atoms with Gasteiger partial charge in [0.2, 0.25) is 0 Å². The van der Waals surface area contributed by atoms with Crippen LogP contribution >= 0.6 is 11.6 Å². The van der Waals surface area contributed by atoms with Crippen molar-refractivity contribution in [2.24, 2.45) is 7.05 Å². The predicted octanol–water partition coefficient (Wildman–Crippen LogP) is 1.49. The summed E-state index contributed by atoms with van der Waals surface area (Å²) >= 11 is 6.30. The van der Waals surface area contributed by atoms with Crippen molar-refractivity contribution < 1.29 is 0 Å². The van der Waals surface area contributed by atoms with Crippen molar-refractivity contribution in [1.82, 2.24) is 19.7 Å². The van der Waals surface area contributed by atoms with Crippen molar-refractivity contribution in [3.05, 3.63) is 38.7 Å². The number of nitrogens with zero attached hydrogens (tertiary/aromatic N) is 6. The van der Waals surface area contributed by atoms with E-state index < -0.39 is 0 Å². The number of aromatic nitrogens is 4. The van der Waals surface area contributed by atoms with E-state index in [2.05, 4.69) is 19.9 Å². The van der Waals surface area contributed by atoms with E-state index in [-0.39, 0.29) is 10.6 Å². The third-order valence-corrected chi connectivity index (χ3v) is 6.22. The van der Waals surface area contributed by atoms with Crippen LogP contribution in [-0.2, 0) is 19.9 Å². The molecular weight excluding hydrogens is 352 g/mol. The molecule has 0 saturated carbocycles. The molecule has 136 valence electrons. The van der Waals surface area contributed by atoms with Crippen LogP contribution < -0.4 is 15.4 Å². The highest BCUT2D eigenvalue weighted by Gasteiger charge is 2.47. The molecular formula is C18H21ClN6O. The largest absolute Gasteiger partial charge is 0.365 e. The minimum absolute atomic E-state index is 0.246. The van der Waals surface area contributed by atoms with Gasteiger partial charge in [0.15, 0.2) is 0 Å². The summed E-state index contributed by atoms with van der Waals surface area (Å²) in [5, 5.41) is 4.39. The highest BCUT2D eigenvalue weighted by atomic mass is 35.5. The topological polar surface area (TPSA) is 67.2 Å². The molecule has 2 aromatic heterocycles. The van der Waals surface area contributed by atoms with Crippen molar-refractivity contribution in [3.63, 3.8) is 0 Å². The maximum absolute atomic E-state index is 12.1. The molecule has 0 N–H and O–H groups in total. The lowest BCUT2D eigenvalue weighted by Crippen LogP contribution is -2.69. The van der Waals surface area contributed by atoms with E-state index >= 15 is 0 Å². The van der Waals surface area contributed by atoms with Crippen molar-refractivity contribution in [2.75, 3.05) is 22.9 Å². The lowest BCUT2D eigenvalue weighted by atomic mass is 9.86. The Kier molecular flexibility index (Phi) is 3.50. The van der Waals surface area contributed by atoms with Gasteiger partial charge in [-0.15, -0.1) is 0 Å². The molecule has 8 heteroatoms. The molecule has 3 saturated heterocycles. The van der Waals surface area contributed by atoms with Gasteiger partial charge in [-0.3, -0.25) is 4.79 Å². The van der Waals surface area contributed by atoms with Crippen LogP contribution in [0.2, 0.25) is 5.02 Å². The van der Waals surface area contributed by atoms with E-state index in [1.165, 1.54) is 22.4 Å². The highest BCUT2D eigenvalue weighted by Crippen LogP contribution is 2.41. The molecule has 0 spiro atoms. The van der Waals surface area contributed by atoms with Crippen LogP contribution in [0.3, 0.4) is 0 Å². The van der Waals surface area contributed by atoms with Gasteiger partial charge >= 0.3 is 0 Å². The molecule has 4 aliphatic rings. The number of rotatable bonds is 2. The third kappa shape index (κ3) is 2.26. The van der Waals surface area contributed by atoms with Crippen molar-refractivity contribution >= 4 is 23.1 Å². The second-order valence-electron chi connectivity index (χ2n) is 7.50. The average Bonchev–Trinajstić information content (AvgIpc) is 3.08. The van der Waals surface area contributed by atoms with Crippen molar-refractivity contribution in [3.8, 4) is 0 Å². The van der Waals surface area contributed by atoms with Gasteiger partial charge in [0.05, 0.1) is 24.0 Å². The van der Waals surface area contributed by atoms with Gasteiger partial charge < -0.3 is 9.80 Å². The fourth-order valence-electron chi connectivity index (χ4n) is 4.62. The Morgan fingerprint density at radius 2 is 1.96 bits per heavy atom. The number of anilines is 2. The van der Waals surface area contributed by atoms with Crippen LogP contribution in [0.1, 0.15) is 29.9 Å². The molecule has 7 nitrogen and oxygen atoms in total. The Morgan fingerprint density at radius 1 is 1.19 bits per heavy atom. The zero-order valence-corrected chi connectivity index (χ0v) is 15.7. The van der Waals surface area contributed by atoms with Gasteiger partial charge in [-0.2, -0.15) is 5.10 Å². The molecule has 0 radical (unpaired) electrons. The summed E-state index contributed by atoms with van der Waals surface area (Å²) < 4.78 is 1.27. The first-order valence-electron chi connectivity index (χ1n) is 9.14. The van der Waals surface area contributed by atoms with Crippen molar-refractivity contribution in [2.45, 2.75) is 44.7 Å². The zero-order valence-electron chi connectivity index (χ0n) is 14.9. The number of hydrogen-bond acceptors (Lipinski definition) is 6. The molecule has 0 amide bonds. The van der Waals surface area contributed by atoms with Crippen LogP contribution in [0.25, 0.3) is 0 Å². The lowest BCUT2D eigenvalue weighted by Gasteiger charge is -2.57. The van der Waals surface area contributed by atoms with Crippen LogP contribution in [-0.4, -0.2) is 44.9 Å². The normalized spacial score (nSPS) is 23.8. The number of halogens is 1. The summed E-state index contributed by atoms with van der Waals surface area (Å²) in [5.41, 5.74) is 3.07. The van der Waals surface area contributed by atoms with Gasteiger partial charge in [0.25, 0.3) is 5.56 Å². The minimum Gasteiger partial charge on any atom is -0.365 e. The first-order valence-corrected chi connectivity index (χ1v) is 9.52. The molecule has 0 aromatic carbocycles. The quantitative estimate of drug-likeness (QED) is 0.795. The Hall–Kier alpha value is -2.15. The van der Waals surface area contributed by atoms with Crippen LogP contribution in [0.5, 0.6) is 0 Å². The number of hydrogen-bond donors (Lipinski definition) is 0. The molecule has 2 atom stereocenters. The maximum Gasteiger partial charge on any atom is 0.287 e.